The molecule has 0 aliphatic heterocycles. The van der Waals surface area contributed by atoms with Crippen LogP contribution < -0.4 is 5.32 Å². The molecule has 1 aliphatic rings. The molecule has 1 aromatic heterocycles. The summed E-state index contributed by atoms with van der Waals surface area (Å²) in [7, 11) is 1.82. The van der Waals surface area contributed by atoms with Crippen LogP contribution in [0, 0.1) is 0 Å². The minimum absolute atomic E-state index is 0.218. The number of rotatable bonds is 3. The SMILES string of the molecule is Cn1cnc(C(=O)NCC2(O)CCCCC2)c1. The van der Waals surface area contributed by atoms with Crippen molar-refractivity contribution in [3.63, 3.8) is 0 Å². The van der Waals surface area contributed by atoms with Gasteiger partial charge in [0.25, 0.3) is 5.91 Å². The summed E-state index contributed by atoms with van der Waals surface area (Å²) in [5, 5.41) is 13.0. The smallest absolute Gasteiger partial charge is 0.271 e. The van der Waals surface area contributed by atoms with Crippen LogP contribution in [0.15, 0.2) is 12.5 Å². The summed E-state index contributed by atoms with van der Waals surface area (Å²) in [6.45, 7) is 0.322. The lowest BCUT2D eigenvalue weighted by Crippen LogP contribution is -2.44. The Bertz CT molecular complexity index is 394. The van der Waals surface area contributed by atoms with E-state index in [0.29, 0.717) is 12.2 Å². The molecule has 1 saturated carbocycles. The zero-order valence-corrected chi connectivity index (χ0v) is 10.1. The van der Waals surface area contributed by atoms with Crippen molar-refractivity contribution in [2.24, 2.45) is 7.05 Å². The molecule has 0 radical (unpaired) electrons. The standard InChI is InChI=1S/C12H19N3O2/c1-15-7-10(14-9-15)11(16)13-8-12(17)5-3-2-4-6-12/h7,9,17H,2-6,8H2,1H3,(H,13,16). The van der Waals surface area contributed by atoms with E-state index in [4.69, 9.17) is 0 Å². The van der Waals surface area contributed by atoms with Gasteiger partial charge in [-0.05, 0) is 12.8 Å². The molecule has 0 atom stereocenters. The summed E-state index contributed by atoms with van der Waals surface area (Å²) < 4.78 is 1.73. The topological polar surface area (TPSA) is 67.2 Å². The number of carbonyl (C=O) groups is 1. The molecule has 2 N–H and O–H groups in total. The van der Waals surface area contributed by atoms with E-state index in [1.54, 1.807) is 17.1 Å². The molecule has 17 heavy (non-hydrogen) atoms. The number of amides is 1. The Balaban J connectivity index is 1.87. The molecule has 0 unspecified atom stereocenters. The zero-order chi connectivity index (χ0) is 12.3. The van der Waals surface area contributed by atoms with E-state index < -0.39 is 5.60 Å². The van der Waals surface area contributed by atoms with Gasteiger partial charge in [-0.25, -0.2) is 4.98 Å². The third-order valence-corrected chi connectivity index (χ3v) is 3.30. The Kier molecular flexibility index (Phi) is 3.47. The molecule has 1 aliphatic carbocycles. The fourth-order valence-corrected chi connectivity index (χ4v) is 2.25. The molecule has 0 spiro atoms. The average Bonchev–Trinajstić information content (AvgIpc) is 2.74. The molecule has 94 valence electrons. The zero-order valence-electron chi connectivity index (χ0n) is 10.1. The van der Waals surface area contributed by atoms with Crippen LogP contribution in [-0.2, 0) is 7.05 Å². The summed E-state index contributed by atoms with van der Waals surface area (Å²) in [6.07, 6.45) is 8.05. The minimum atomic E-state index is -0.720. The van der Waals surface area contributed by atoms with E-state index in [1.165, 1.54) is 6.42 Å². The first kappa shape index (κ1) is 12.1. The van der Waals surface area contributed by atoms with Crippen molar-refractivity contribution in [2.45, 2.75) is 37.7 Å². The van der Waals surface area contributed by atoms with Gasteiger partial charge in [0.2, 0.25) is 0 Å². The van der Waals surface area contributed by atoms with E-state index in [0.717, 1.165) is 25.7 Å². The van der Waals surface area contributed by atoms with Gasteiger partial charge >= 0.3 is 0 Å². The summed E-state index contributed by atoms with van der Waals surface area (Å²) in [4.78, 5) is 15.7. The molecule has 1 heterocycles. The fourth-order valence-electron chi connectivity index (χ4n) is 2.25. The highest BCUT2D eigenvalue weighted by Crippen LogP contribution is 2.27. The highest BCUT2D eigenvalue weighted by molar-refractivity contribution is 5.92. The van der Waals surface area contributed by atoms with Crippen LogP contribution in [0.2, 0.25) is 0 Å². The Labute approximate surface area is 101 Å². The minimum Gasteiger partial charge on any atom is -0.388 e. The van der Waals surface area contributed by atoms with Gasteiger partial charge in [-0.15, -0.1) is 0 Å². The largest absolute Gasteiger partial charge is 0.388 e. The maximum Gasteiger partial charge on any atom is 0.271 e. The number of nitrogens with zero attached hydrogens (tertiary/aromatic N) is 2. The summed E-state index contributed by atoms with van der Waals surface area (Å²) in [6, 6.07) is 0. The number of aryl methyl sites for hydroxylation is 1. The Morgan fingerprint density at radius 2 is 2.24 bits per heavy atom. The van der Waals surface area contributed by atoms with E-state index in [1.807, 2.05) is 7.05 Å². The van der Waals surface area contributed by atoms with E-state index >= 15 is 0 Å². The van der Waals surface area contributed by atoms with E-state index in [-0.39, 0.29) is 5.91 Å². The predicted molar refractivity (Wildman–Crippen MR) is 63.6 cm³/mol. The predicted octanol–water partition coefficient (Wildman–Crippen LogP) is 0.845. The van der Waals surface area contributed by atoms with E-state index in [9.17, 15) is 9.90 Å². The maximum absolute atomic E-state index is 11.7. The lowest BCUT2D eigenvalue weighted by Gasteiger charge is -2.31. The Morgan fingerprint density at radius 1 is 1.53 bits per heavy atom. The first-order valence-corrected chi connectivity index (χ1v) is 6.08. The molecule has 5 nitrogen and oxygen atoms in total. The second kappa shape index (κ2) is 4.87. The first-order chi connectivity index (χ1) is 8.09. The third kappa shape index (κ3) is 3.06. The number of hydrogen-bond acceptors (Lipinski definition) is 3. The van der Waals surface area contributed by atoms with Crippen molar-refractivity contribution in [2.75, 3.05) is 6.54 Å². The maximum atomic E-state index is 11.7. The van der Waals surface area contributed by atoms with Crippen molar-refractivity contribution in [1.29, 1.82) is 0 Å². The van der Waals surface area contributed by atoms with Crippen LogP contribution in [0.5, 0.6) is 0 Å². The fraction of sp³-hybridized carbons (Fsp3) is 0.667. The molecule has 5 heteroatoms. The highest BCUT2D eigenvalue weighted by Gasteiger charge is 2.29. The first-order valence-electron chi connectivity index (χ1n) is 6.08. The van der Waals surface area contributed by atoms with Crippen molar-refractivity contribution >= 4 is 5.91 Å². The normalized spacial score (nSPS) is 18.9. The van der Waals surface area contributed by atoms with Gasteiger partial charge in [-0.1, -0.05) is 19.3 Å². The molecule has 0 saturated heterocycles. The number of aliphatic hydroxyl groups is 1. The number of nitrogens with one attached hydrogen (secondary N) is 1. The summed E-state index contributed by atoms with van der Waals surface area (Å²) in [5.41, 5.74) is -0.324. The highest BCUT2D eigenvalue weighted by atomic mass is 16.3. The van der Waals surface area contributed by atoms with Crippen LogP contribution >= 0.6 is 0 Å². The monoisotopic (exact) mass is 237 g/mol. The molecular weight excluding hydrogens is 218 g/mol. The molecule has 1 aromatic rings. The van der Waals surface area contributed by atoms with Gasteiger partial charge in [0.15, 0.2) is 0 Å². The van der Waals surface area contributed by atoms with Crippen LogP contribution in [0.25, 0.3) is 0 Å². The molecule has 0 aromatic carbocycles. The van der Waals surface area contributed by atoms with Gasteiger partial charge in [0.05, 0.1) is 11.9 Å². The summed E-state index contributed by atoms with van der Waals surface area (Å²) >= 11 is 0. The van der Waals surface area contributed by atoms with E-state index in [2.05, 4.69) is 10.3 Å². The van der Waals surface area contributed by atoms with Crippen LogP contribution in [0.1, 0.15) is 42.6 Å². The molecule has 1 fully saturated rings. The Hall–Kier alpha value is -1.36. The quantitative estimate of drug-likeness (QED) is 0.818. The van der Waals surface area contributed by atoms with Crippen molar-refractivity contribution in [1.82, 2.24) is 14.9 Å². The van der Waals surface area contributed by atoms with Crippen molar-refractivity contribution < 1.29 is 9.90 Å². The van der Waals surface area contributed by atoms with Gasteiger partial charge in [-0.3, -0.25) is 4.79 Å². The lowest BCUT2D eigenvalue weighted by molar-refractivity contribution is 0.00521. The average molecular weight is 237 g/mol. The third-order valence-electron chi connectivity index (χ3n) is 3.30. The number of hydrogen-bond donors (Lipinski definition) is 2. The number of carbonyl (C=O) groups excluding carboxylic acids is 1. The van der Waals surface area contributed by atoms with Crippen molar-refractivity contribution in [3.8, 4) is 0 Å². The van der Waals surface area contributed by atoms with Gasteiger partial charge in [-0.2, -0.15) is 0 Å². The summed E-state index contributed by atoms with van der Waals surface area (Å²) in [5.74, 6) is -0.218. The van der Waals surface area contributed by atoms with Crippen molar-refractivity contribution in [3.05, 3.63) is 18.2 Å². The number of imidazole rings is 1. The molecule has 2 rings (SSSR count). The molecular formula is C12H19N3O2. The Morgan fingerprint density at radius 3 is 2.82 bits per heavy atom. The van der Waals surface area contributed by atoms with Gasteiger partial charge in [0.1, 0.15) is 5.69 Å². The van der Waals surface area contributed by atoms with Gasteiger partial charge < -0.3 is 15.0 Å². The number of aromatic nitrogens is 2. The molecule has 0 bridgehead atoms. The molecule has 1 amide bonds. The van der Waals surface area contributed by atoms with Gasteiger partial charge in [0, 0.05) is 19.8 Å². The van der Waals surface area contributed by atoms with Crippen LogP contribution in [0.4, 0.5) is 0 Å². The van der Waals surface area contributed by atoms with Crippen LogP contribution in [-0.4, -0.2) is 32.7 Å². The lowest BCUT2D eigenvalue weighted by atomic mass is 9.85. The second-order valence-corrected chi connectivity index (χ2v) is 4.89. The van der Waals surface area contributed by atoms with Crippen LogP contribution in [0.3, 0.4) is 0 Å². The second-order valence-electron chi connectivity index (χ2n) is 4.89.